The molecule has 3 aromatic rings. The minimum atomic E-state index is -3.58. The smallest absolute Gasteiger partial charge is 0.289 e. The van der Waals surface area contributed by atoms with Crippen molar-refractivity contribution in [3.05, 3.63) is 70.0 Å². The second-order valence-electron chi connectivity index (χ2n) is 8.20. The Kier molecular flexibility index (Phi) is 6.43. The molecule has 174 valence electrons. The number of thiophene rings is 1. The molecule has 0 saturated carbocycles. The molecular formula is C22H24N4O4S3. The number of rotatable bonds is 7. The van der Waals surface area contributed by atoms with Crippen molar-refractivity contribution in [3.63, 3.8) is 0 Å². The first-order valence-electron chi connectivity index (χ1n) is 10.7. The molecule has 2 fully saturated rings. The molecule has 0 aliphatic carbocycles. The molecule has 2 saturated heterocycles. The van der Waals surface area contributed by atoms with Gasteiger partial charge >= 0.3 is 0 Å². The molecule has 2 aromatic heterocycles. The third kappa shape index (κ3) is 4.66. The van der Waals surface area contributed by atoms with E-state index >= 15 is 0 Å². The number of β-amino-alcohol motifs (C(OH)–C–C–N with tert-alkyl or cyclic N) is 1. The van der Waals surface area contributed by atoms with Crippen LogP contribution in [-0.2, 0) is 16.0 Å². The number of carbonyl (C=O) groups is 1. The highest BCUT2D eigenvalue weighted by molar-refractivity contribution is 7.98. The van der Waals surface area contributed by atoms with Gasteiger partial charge in [0.2, 0.25) is 0 Å². The molecule has 1 aromatic carbocycles. The van der Waals surface area contributed by atoms with Gasteiger partial charge < -0.3 is 5.11 Å². The van der Waals surface area contributed by atoms with Crippen LogP contribution < -0.4 is 0 Å². The quantitative estimate of drug-likeness (QED) is 0.497. The average Bonchev–Trinajstić information content (AvgIpc) is 3.52. The third-order valence-corrected chi connectivity index (χ3v) is 9.75. The van der Waals surface area contributed by atoms with Crippen LogP contribution in [0.4, 0.5) is 0 Å². The van der Waals surface area contributed by atoms with Crippen molar-refractivity contribution in [1.29, 1.82) is 0 Å². The summed E-state index contributed by atoms with van der Waals surface area (Å²) in [5.74, 6) is 0.453. The SMILES string of the molecule is O=C(c1cccs1)n1nc(C2CN(S(=O)(=O)N3CCC(O)C3)C2)cc1SCc1ccccc1. The molecule has 2 aliphatic rings. The van der Waals surface area contributed by atoms with Crippen molar-refractivity contribution in [3.8, 4) is 0 Å². The fourth-order valence-electron chi connectivity index (χ4n) is 3.96. The Labute approximate surface area is 201 Å². The lowest BCUT2D eigenvalue weighted by atomic mass is 10.00. The van der Waals surface area contributed by atoms with Crippen molar-refractivity contribution in [2.24, 2.45) is 0 Å². The molecule has 0 spiro atoms. The molecule has 1 N–H and O–H groups in total. The lowest BCUT2D eigenvalue weighted by Gasteiger charge is -2.39. The molecular weight excluding hydrogens is 480 g/mol. The zero-order valence-corrected chi connectivity index (χ0v) is 20.2. The van der Waals surface area contributed by atoms with E-state index in [4.69, 9.17) is 0 Å². The van der Waals surface area contributed by atoms with E-state index in [1.807, 2.05) is 47.8 Å². The number of aromatic nitrogens is 2. The average molecular weight is 505 g/mol. The van der Waals surface area contributed by atoms with Crippen LogP contribution in [0.5, 0.6) is 0 Å². The second kappa shape index (κ2) is 9.32. The molecule has 2 aliphatic heterocycles. The third-order valence-electron chi connectivity index (χ3n) is 5.89. The summed E-state index contributed by atoms with van der Waals surface area (Å²) in [6.07, 6.45) is -0.131. The van der Waals surface area contributed by atoms with Gasteiger partial charge in [-0.25, -0.2) is 0 Å². The highest BCUT2D eigenvalue weighted by atomic mass is 32.2. The van der Waals surface area contributed by atoms with Crippen molar-refractivity contribution in [2.75, 3.05) is 26.2 Å². The topological polar surface area (TPSA) is 95.7 Å². The Balaban J connectivity index is 1.33. The summed E-state index contributed by atoms with van der Waals surface area (Å²) in [4.78, 5) is 13.7. The molecule has 1 atom stereocenters. The van der Waals surface area contributed by atoms with E-state index in [9.17, 15) is 18.3 Å². The predicted molar refractivity (Wildman–Crippen MR) is 128 cm³/mol. The molecule has 0 amide bonds. The Morgan fingerprint density at radius 1 is 1.12 bits per heavy atom. The number of thioether (sulfide) groups is 1. The number of hydrogen-bond donors (Lipinski definition) is 1. The number of nitrogens with zero attached hydrogens (tertiary/aromatic N) is 4. The fraction of sp³-hybridized carbons (Fsp3) is 0.364. The van der Waals surface area contributed by atoms with Crippen LogP contribution in [0.3, 0.4) is 0 Å². The van der Waals surface area contributed by atoms with Gasteiger partial charge in [-0.3, -0.25) is 4.79 Å². The summed E-state index contributed by atoms with van der Waals surface area (Å²) >= 11 is 2.91. The van der Waals surface area contributed by atoms with Crippen LogP contribution in [0.2, 0.25) is 0 Å². The largest absolute Gasteiger partial charge is 0.392 e. The van der Waals surface area contributed by atoms with Crippen molar-refractivity contribution < 1.29 is 18.3 Å². The predicted octanol–water partition coefficient (Wildman–Crippen LogP) is 2.64. The van der Waals surface area contributed by atoms with E-state index in [0.717, 1.165) is 16.3 Å². The molecule has 8 nitrogen and oxygen atoms in total. The molecule has 11 heteroatoms. The van der Waals surface area contributed by atoms with Crippen LogP contribution in [0, 0.1) is 0 Å². The first kappa shape index (κ1) is 22.8. The second-order valence-corrected chi connectivity index (χ2v) is 12.1. The summed E-state index contributed by atoms with van der Waals surface area (Å²) in [5, 5.41) is 16.9. The summed E-state index contributed by atoms with van der Waals surface area (Å²) in [6.45, 7) is 1.13. The van der Waals surface area contributed by atoms with Gasteiger partial charge in [0.25, 0.3) is 16.1 Å². The normalized spacial score (nSPS) is 20.2. The van der Waals surface area contributed by atoms with Crippen LogP contribution in [0.25, 0.3) is 0 Å². The number of benzene rings is 1. The van der Waals surface area contributed by atoms with E-state index in [1.54, 1.807) is 17.8 Å². The van der Waals surface area contributed by atoms with Gasteiger partial charge in [-0.1, -0.05) is 36.4 Å². The minimum absolute atomic E-state index is 0.0687. The number of carbonyl (C=O) groups excluding carboxylic acids is 1. The summed E-state index contributed by atoms with van der Waals surface area (Å²) in [6, 6.07) is 15.5. The van der Waals surface area contributed by atoms with E-state index in [-0.39, 0.29) is 18.4 Å². The summed E-state index contributed by atoms with van der Waals surface area (Å²) < 4.78 is 29.8. The van der Waals surface area contributed by atoms with Crippen molar-refractivity contribution in [1.82, 2.24) is 18.4 Å². The molecule has 5 rings (SSSR count). The lowest BCUT2D eigenvalue weighted by molar-refractivity contribution is 0.0937. The van der Waals surface area contributed by atoms with Gasteiger partial charge in [0.1, 0.15) is 5.03 Å². The summed E-state index contributed by atoms with van der Waals surface area (Å²) in [5.41, 5.74) is 1.87. The van der Waals surface area contributed by atoms with Gasteiger partial charge in [0, 0.05) is 37.8 Å². The Morgan fingerprint density at radius 3 is 2.58 bits per heavy atom. The highest BCUT2D eigenvalue weighted by Gasteiger charge is 2.43. The van der Waals surface area contributed by atoms with Gasteiger partial charge in [-0.05, 0) is 29.5 Å². The zero-order chi connectivity index (χ0) is 23.0. The van der Waals surface area contributed by atoms with Crippen molar-refractivity contribution in [2.45, 2.75) is 29.2 Å². The maximum absolute atomic E-state index is 13.1. The number of hydrogen-bond acceptors (Lipinski definition) is 7. The van der Waals surface area contributed by atoms with E-state index in [2.05, 4.69) is 5.10 Å². The standard InChI is InChI=1S/C22H24N4O4S3/c27-18-8-9-24(14-18)33(29,30)25-12-17(13-25)19-11-21(32-15-16-5-2-1-3-6-16)26(23-19)22(28)20-7-4-10-31-20/h1-7,10-11,17-18,27H,8-9,12-15H2. The van der Waals surface area contributed by atoms with Gasteiger partial charge in [0.05, 0.1) is 16.7 Å². The molecule has 33 heavy (non-hydrogen) atoms. The lowest BCUT2D eigenvalue weighted by Crippen LogP contribution is -2.53. The fourth-order valence-corrected chi connectivity index (χ4v) is 7.33. The summed E-state index contributed by atoms with van der Waals surface area (Å²) in [7, 11) is -3.58. The molecule has 0 radical (unpaired) electrons. The first-order chi connectivity index (χ1) is 15.9. The van der Waals surface area contributed by atoms with E-state index in [0.29, 0.717) is 36.7 Å². The number of aliphatic hydroxyl groups is 1. The minimum Gasteiger partial charge on any atom is -0.392 e. The zero-order valence-electron chi connectivity index (χ0n) is 17.8. The molecule has 4 heterocycles. The van der Waals surface area contributed by atoms with E-state index in [1.165, 1.54) is 24.6 Å². The Morgan fingerprint density at radius 2 is 1.91 bits per heavy atom. The van der Waals surface area contributed by atoms with E-state index < -0.39 is 16.3 Å². The number of aliphatic hydroxyl groups excluding tert-OH is 1. The maximum Gasteiger partial charge on any atom is 0.289 e. The van der Waals surface area contributed by atoms with Crippen LogP contribution in [0.1, 0.15) is 33.3 Å². The van der Waals surface area contributed by atoms with Gasteiger partial charge in [0.15, 0.2) is 0 Å². The van der Waals surface area contributed by atoms with Crippen molar-refractivity contribution >= 4 is 39.2 Å². The van der Waals surface area contributed by atoms with Crippen LogP contribution in [-0.4, -0.2) is 70.1 Å². The first-order valence-corrected chi connectivity index (χ1v) is 14.0. The molecule has 0 bridgehead atoms. The van der Waals surface area contributed by atoms with Gasteiger partial charge in [-0.15, -0.1) is 23.1 Å². The monoisotopic (exact) mass is 504 g/mol. The highest BCUT2D eigenvalue weighted by Crippen LogP contribution is 2.34. The van der Waals surface area contributed by atoms with Gasteiger partial charge in [-0.2, -0.15) is 26.8 Å². The Bertz CT molecular complexity index is 1220. The maximum atomic E-state index is 13.1. The van der Waals surface area contributed by atoms with Crippen LogP contribution >= 0.6 is 23.1 Å². The molecule has 1 unspecified atom stereocenters. The van der Waals surface area contributed by atoms with Crippen LogP contribution in [0.15, 0.2) is 58.9 Å². The Hall–Kier alpha value is -2.02.